The first kappa shape index (κ1) is 13.6. The summed E-state index contributed by atoms with van der Waals surface area (Å²) in [6.45, 7) is 0. The Labute approximate surface area is 126 Å². The topological polar surface area (TPSA) is 61.8 Å². The molecule has 2 aromatic heterocycles. The summed E-state index contributed by atoms with van der Waals surface area (Å²) in [6.07, 6.45) is 1.83. The minimum Gasteiger partial charge on any atom is -0.493 e. The molecule has 2 heterocycles. The summed E-state index contributed by atoms with van der Waals surface area (Å²) in [5.74, 6) is 1.80. The number of halogens is 1. The lowest BCUT2D eigenvalue weighted by atomic mass is 10.1. The van der Waals surface area contributed by atoms with Crippen molar-refractivity contribution < 1.29 is 9.47 Å². The molecule has 0 aliphatic heterocycles. The minimum absolute atomic E-state index is 0.528. The summed E-state index contributed by atoms with van der Waals surface area (Å²) >= 11 is 6.15. The summed E-state index contributed by atoms with van der Waals surface area (Å²) in [6, 6.07) is 9.14. The third-order valence-electron chi connectivity index (χ3n) is 3.30. The maximum Gasteiger partial charge on any atom is 0.161 e. The molecule has 0 amide bonds. The lowest BCUT2D eigenvalue weighted by Crippen LogP contribution is -1.95. The monoisotopic (exact) mass is 303 g/mol. The van der Waals surface area contributed by atoms with E-state index in [1.807, 2.05) is 30.5 Å². The first-order valence-corrected chi connectivity index (χ1v) is 6.68. The van der Waals surface area contributed by atoms with E-state index in [-0.39, 0.29) is 0 Å². The zero-order valence-electron chi connectivity index (χ0n) is 11.6. The average molecular weight is 304 g/mol. The van der Waals surface area contributed by atoms with Gasteiger partial charge in [-0.2, -0.15) is 0 Å². The molecule has 0 spiro atoms. The lowest BCUT2D eigenvalue weighted by molar-refractivity contribution is 0.355. The number of hydrogen-bond acceptors (Lipinski definition) is 4. The Kier molecular flexibility index (Phi) is 3.35. The summed E-state index contributed by atoms with van der Waals surface area (Å²) in [5.41, 5.74) is 8.29. The van der Waals surface area contributed by atoms with Gasteiger partial charge in [-0.15, -0.1) is 0 Å². The van der Waals surface area contributed by atoms with E-state index in [0.29, 0.717) is 33.7 Å². The summed E-state index contributed by atoms with van der Waals surface area (Å²) in [4.78, 5) is 4.52. The zero-order chi connectivity index (χ0) is 15.0. The first-order valence-electron chi connectivity index (χ1n) is 6.30. The Morgan fingerprint density at radius 1 is 1.14 bits per heavy atom. The number of methoxy groups -OCH3 is 2. The highest BCUT2D eigenvalue weighted by Gasteiger charge is 2.15. The lowest BCUT2D eigenvalue weighted by Gasteiger charge is -2.08. The Morgan fingerprint density at radius 2 is 1.90 bits per heavy atom. The second-order valence-electron chi connectivity index (χ2n) is 4.47. The Bertz CT molecular complexity index is 814. The highest BCUT2D eigenvalue weighted by atomic mass is 35.5. The van der Waals surface area contributed by atoms with Gasteiger partial charge in [0.15, 0.2) is 17.1 Å². The van der Waals surface area contributed by atoms with Crippen LogP contribution in [0.25, 0.3) is 16.9 Å². The van der Waals surface area contributed by atoms with Crippen LogP contribution in [0.2, 0.25) is 5.02 Å². The smallest absolute Gasteiger partial charge is 0.161 e. The number of ether oxygens (including phenoxy) is 2. The molecule has 3 rings (SSSR count). The van der Waals surface area contributed by atoms with Crippen LogP contribution in [0.3, 0.4) is 0 Å². The van der Waals surface area contributed by atoms with Gasteiger partial charge in [-0.25, -0.2) is 4.98 Å². The number of rotatable bonds is 3. The van der Waals surface area contributed by atoms with E-state index >= 15 is 0 Å². The molecule has 1 aromatic carbocycles. The molecule has 0 saturated heterocycles. The minimum atomic E-state index is 0.528. The SMILES string of the molecule is COc1ccc(-c2nc3c(Cl)cccn3c2N)cc1OC. The number of aromatic nitrogens is 2. The third kappa shape index (κ3) is 2.15. The molecule has 2 N–H and O–H groups in total. The van der Waals surface area contributed by atoms with Crippen LogP contribution in [-0.4, -0.2) is 23.6 Å². The summed E-state index contributed by atoms with van der Waals surface area (Å²) in [5, 5.41) is 0.552. The van der Waals surface area contributed by atoms with Gasteiger partial charge in [-0.3, -0.25) is 4.40 Å². The van der Waals surface area contributed by atoms with Crippen molar-refractivity contribution in [1.29, 1.82) is 0 Å². The van der Waals surface area contributed by atoms with Gasteiger partial charge in [0, 0.05) is 11.8 Å². The third-order valence-corrected chi connectivity index (χ3v) is 3.59. The van der Waals surface area contributed by atoms with Crippen LogP contribution in [0.5, 0.6) is 11.5 Å². The Balaban J connectivity index is 2.21. The fourth-order valence-corrected chi connectivity index (χ4v) is 2.45. The van der Waals surface area contributed by atoms with Crippen molar-refractivity contribution in [2.45, 2.75) is 0 Å². The predicted molar refractivity (Wildman–Crippen MR) is 83.2 cm³/mol. The van der Waals surface area contributed by atoms with E-state index in [9.17, 15) is 0 Å². The van der Waals surface area contributed by atoms with E-state index in [2.05, 4.69) is 4.98 Å². The largest absolute Gasteiger partial charge is 0.493 e. The second-order valence-corrected chi connectivity index (χ2v) is 4.87. The Morgan fingerprint density at radius 3 is 2.57 bits per heavy atom. The number of fused-ring (bicyclic) bond motifs is 1. The van der Waals surface area contributed by atoms with Gasteiger partial charge in [0.25, 0.3) is 0 Å². The molecule has 0 aliphatic rings. The van der Waals surface area contributed by atoms with E-state index in [1.165, 1.54) is 0 Å². The number of hydrogen-bond donors (Lipinski definition) is 1. The molecule has 0 unspecified atom stereocenters. The van der Waals surface area contributed by atoms with E-state index in [4.69, 9.17) is 26.8 Å². The average Bonchev–Trinajstić information content (AvgIpc) is 2.85. The molecule has 0 aliphatic carbocycles. The number of pyridine rings is 1. The molecule has 5 nitrogen and oxygen atoms in total. The molecular formula is C15H14ClN3O2. The van der Waals surface area contributed by atoms with Gasteiger partial charge in [0.05, 0.1) is 19.2 Å². The normalized spacial score (nSPS) is 10.8. The van der Waals surface area contributed by atoms with Crippen LogP contribution in [0, 0.1) is 0 Å². The molecule has 0 fully saturated rings. The number of benzene rings is 1. The Hall–Kier alpha value is -2.40. The molecule has 3 aromatic rings. The highest BCUT2D eigenvalue weighted by molar-refractivity contribution is 6.33. The van der Waals surface area contributed by atoms with Crippen molar-refractivity contribution in [1.82, 2.24) is 9.38 Å². The number of nitrogens with two attached hydrogens (primary N) is 1. The van der Waals surface area contributed by atoms with Crippen molar-refractivity contribution in [3.8, 4) is 22.8 Å². The molecule has 0 atom stereocenters. The summed E-state index contributed by atoms with van der Waals surface area (Å²) < 4.78 is 12.3. The van der Waals surface area contributed by atoms with Crippen molar-refractivity contribution >= 4 is 23.1 Å². The number of anilines is 1. The van der Waals surface area contributed by atoms with E-state index in [1.54, 1.807) is 24.7 Å². The molecule has 6 heteroatoms. The fraction of sp³-hybridized carbons (Fsp3) is 0.133. The van der Waals surface area contributed by atoms with Gasteiger partial charge < -0.3 is 15.2 Å². The molecule has 0 saturated carbocycles. The van der Waals surface area contributed by atoms with Crippen LogP contribution in [-0.2, 0) is 0 Å². The molecular weight excluding hydrogens is 290 g/mol. The van der Waals surface area contributed by atoms with Crippen LogP contribution in [0.1, 0.15) is 0 Å². The second kappa shape index (κ2) is 5.18. The van der Waals surface area contributed by atoms with Gasteiger partial charge in [0.1, 0.15) is 11.5 Å². The quantitative estimate of drug-likeness (QED) is 0.807. The van der Waals surface area contributed by atoms with Crippen molar-refractivity contribution in [2.75, 3.05) is 20.0 Å². The maximum atomic E-state index is 6.17. The number of nitrogen functional groups attached to an aromatic ring is 1. The maximum absolute atomic E-state index is 6.17. The van der Waals surface area contributed by atoms with Gasteiger partial charge >= 0.3 is 0 Å². The van der Waals surface area contributed by atoms with Gasteiger partial charge in [-0.05, 0) is 30.3 Å². The molecule has 21 heavy (non-hydrogen) atoms. The number of nitrogens with zero attached hydrogens (tertiary/aromatic N) is 2. The van der Waals surface area contributed by atoms with Crippen molar-refractivity contribution in [3.05, 3.63) is 41.6 Å². The van der Waals surface area contributed by atoms with Crippen LogP contribution < -0.4 is 15.2 Å². The standard InChI is InChI=1S/C15H14ClN3O2/c1-20-11-6-5-9(8-12(11)21-2)13-14(17)19-7-3-4-10(16)15(19)18-13/h3-8H,17H2,1-2H3. The first-order chi connectivity index (χ1) is 10.2. The zero-order valence-corrected chi connectivity index (χ0v) is 12.4. The fourth-order valence-electron chi connectivity index (χ4n) is 2.25. The van der Waals surface area contributed by atoms with Gasteiger partial charge in [-0.1, -0.05) is 11.6 Å². The number of imidazole rings is 1. The molecule has 0 radical (unpaired) electrons. The van der Waals surface area contributed by atoms with Crippen molar-refractivity contribution in [3.63, 3.8) is 0 Å². The molecule has 0 bridgehead atoms. The van der Waals surface area contributed by atoms with Crippen molar-refractivity contribution in [2.24, 2.45) is 0 Å². The highest BCUT2D eigenvalue weighted by Crippen LogP contribution is 2.35. The summed E-state index contributed by atoms with van der Waals surface area (Å²) in [7, 11) is 3.18. The van der Waals surface area contributed by atoms with Crippen LogP contribution >= 0.6 is 11.6 Å². The van der Waals surface area contributed by atoms with E-state index < -0.39 is 0 Å². The van der Waals surface area contributed by atoms with E-state index in [0.717, 1.165) is 5.56 Å². The molecule has 108 valence electrons. The van der Waals surface area contributed by atoms with Crippen LogP contribution in [0.15, 0.2) is 36.5 Å². The predicted octanol–water partition coefficient (Wildman–Crippen LogP) is 3.25. The van der Waals surface area contributed by atoms with Gasteiger partial charge in [0.2, 0.25) is 0 Å². The van der Waals surface area contributed by atoms with Crippen LogP contribution in [0.4, 0.5) is 5.82 Å².